The molecule has 22 heavy (non-hydrogen) atoms. The lowest BCUT2D eigenvalue weighted by Crippen LogP contribution is -2.41. The van der Waals surface area contributed by atoms with Gasteiger partial charge >= 0.3 is 5.97 Å². The Morgan fingerprint density at radius 2 is 1.91 bits per heavy atom. The summed E-state index contributed by atoms with van der Waals surface area (Å²) in [5, 5.41) is 18.9. The molecule has 8 heteroatoms. The molecule has 1 aromatic carbocycles. The van der Waals surface area contributed by atoms with Crippen LogP contribution >= 0.6 is 0 Å². The van der Waals surface area contributed by atoms with E-state index in [1.165, 1.54) is 7.11 Å². The third-order valence-corrected chi connectivity index (χ3v) is 3.06. The molecule has 0 aliphatic carbocycles. The molecule has 116 valence electrons. The van der Waals surface area contributed by atoms with Gasteiger partial charge in [-0.25, -0.2) is 4.79 Å². The summed E-state index contributed by atoms with van der Waals surface area (Å²) in [5.41, 5.74) is 1.18. The number of carbonyl (C=O) groups excluding carboxylic acids is 1. The minimum atomic E-state index is -1.09. The number of nitrogens with zero attached hydrogens (tertiary/aromatic N) is 3. The minimum absolute atomic E-state index is 0.205. The number of benzene rings is 1. The first-order chi connectivity index (χ1) is 10.6. The van der Waals surface area contributed by atoms with Crippen LogP contribution in [-0.4, -0.2) is 51.5 Å². The molecule has 0 saturated carbocycles. The van der Waals surface area contributed by atoms with Gasteiger partial charge in [0.15, 0.2) is 0 Å². The van der Waals surface area contributed by atoms with Crippen LogP contribution in [0.3, 0.4) is 0 Å². The molecule has 0 bridgehead atoms. The highest BCUT2D eigenvalue weighted by Crippen LogP contribution is 2.09. The maximum absolute atomic E-state index is 12.1. The summed E-state index contributed by atoms with van der Waals surface area (Å²) >= 11 is 0. The molecule has 1 amide bonds. The lowest BCUT2D eigenvalue weighted by atomic mass is 10.1. The van der Waals surface area contributed by atoms with Crippen LogP contribution < -0.4 is 5.32 Å². The molecule has 0 saturated heterocycles. The van der Waals surface area contributed by atoms with Crippen molar-refractivity contribution in [2.75, 3.05) is 13.7 Å². The van der Waals surface area contributed by atoms with Crippen LogP contribution in [-0.2, 0) is 9.53 Å². The molecule has 2 rings (SSSR count). The second-order valence-electron chi connectivity index (χ2n) is 4.56. The molecule has 2 N–H and O–H groups in total. The standard InChI is InChI=1S/C14H16N4O4/c1-22-7-6-12(14(20)21)17-13(19)10-2-4-11(5-3-10)18-8-15-16-9-18/h2-5,8-9,12H,6-7H2,1H3,(H,17,19)(H,20,21). The van der Waals surface area contributed by atoms with Gasteiger partial charge in [-0.3, -0.25) is 9.36 Å². The predicted octanol–water partition coefficient (Wildman–Crippen LogP) is 0.487. The number of rotatable bonds is 7. The molecular formula is C14H16N4O4. The quantitative estimate of drug-likeness (QED) is 0.771. The van der Waals surface area contributed by atoms with E-state index in [1.807, 2.05) is 0 Å². The summed E-state index contributed by atoms with van der Waals surface area (Å²) in [4.78, 5) is 23.2. The van der Waals surface area contributed by atoms with Gasteiger partial charge in [0, 0.05) is 31.4 Å². The van der Waals surface area contributed by atoms with Crippen LogP contribution in [0.15, 0.2) is 36.9 Å². The number of aromatic nitrogens is 3. The van der Waals surface area contributed by atoms with Gasteiger partial charge in [-0.05, 0) is 24.3 Å². The number of aliphatic carboxylic acids is 1. The SMILES string of the molecule is COCCC(NC(=O)c1ccc(-n2cnnc2)cc1)C(=O)O. The van der Waals surface area contributed by atoms with Gasteiger partial charge in [0.1, 0.15) is 18.7 Å². The second-order valence-corrected chi connectivity index (χ2v) is 4.56. The van der Waals surface area contributed by atoms with E-state index in [1.54, 1.807) is 41.5 Å². The van der Waals surface area contributed by atoms with Crippen LogP contribution in [0.2, 0.25) is 0 Å². The number of amides is 1. The van der Waals surface area contributed by atoms with Gasteiger partial charge in [-0.1, -0.05) is 0 Å². The third-order valence-electron chi connectivity index (χ3n) is 3.06. The number of carboxylic acids is 1. The van der Waals surface area contributed by atoms with E-state index in [-0.39, 0.29) is 13.0 Å². The first kappa shape index (κ1) is 15.6. The summed E-state index contributed by atoms with van der Waals surface area (Å²) in [7, 11) is 1.48. The molecule has 0 aliphatic heterocycles. The number of methoxy groups -OCH3 is 1. The molecule has 0 radical (unpaired) electrons. The summed E-state index contributed by atoms with van der Waals surface area (Å²) in [5.74, 6) is -1.54. The third kappa shape index (κ3) is 3.89. The Labute approximate surface area is 126 Å². The number of nitrogens with one attached hydrogen (secondary N) is 1. The molecule has 8 nitrogen and oxygen atoms in total. The fourth-order valence-electron chi connectivity index (χ4n) is 1.85. The Balaban J connectivity index is 2.04. The van der Waals surface area contributed by atoms with Crippen molar-refractivity contribution in [3.63, 3.8) is 0 Å². The van der Waals surface area contributed by atoms with Crippen LogP contribution in [0.1, 0.15) is 16.8 Å². The van der Waals surface area contributed by atoms with Crippen LogP contribution in [0.4, 0.5) is 0 Å². The van der Waals surface area contributed by atoms with E-state index in [0.29, 0.717) is 5.56 Å². The van der Waals surface area contributed by atoms with Crippen molar-refractivity contribution in [2.24, 2.45) is 0 Å². The zero-order valence-electron chi connectivity index (χ0n) is 12.0. The van der Waals surface area contributed by atoms with Crippen molar-refractivity contribution in [3.05, 3.63) is 42.5 Å². The lowest BCUT2D eigenvalue weighted by Gasteiger charge is -2.14. The van der Waals surface area contributed by atoms with Crippen molar-refractivity contribution in [1.29, 1.82) is 0 Å². The Bertz CT molecular complexity index is 625. The van der Waals surface area contributed by atoms with Crippen molar-refractivity contribution >= 4 is 11.9 Å². The number of hydrogen-bond acceptors (Lipinski definition) is 5. The zero-order chi connectivity index (χ0) is 15.9. The van der Waals surface area contributed by atoms with E-state index in [0.717, 1.165) is 5.69 Å². The zero-order valence-corrected chi connectivity index (χ0v) is 12.0. The van der Waals surface area contributed by atoms with Crippen LogP contribution in [0.5, 0.6) is 0 Å². The molecule has 0 fully saturated rings. The number of hydrogen-bond donors (Lipinski definition) is 2. The van der Waals surface area contributed by atoms with Crippen molar-refractivity contribution in [2.45, 2.75) is 12.5 Å². The maximum Gasteiger partial charge on any atom is 0.326 e. The van der Waals surface area contributed by atoms with Gasteiger partial charge < -0.3 is 15.2 Å². The van der Waals surface area contributed by atoms with E-state index < -0.39 is 17.9 Å². The summed E-state index contributed by atoms with van der Waals surface area (Å²) in [6.45, 7) is 0.254. The molecule has 0 spiro atoms. The molecular weight excluding hydrogens is 288 g/mol. The fourth-order valence-corrected chi connectivity index (χ4v) is 1.85. The normalized spacial score (nSPS) is 11.9. The number of ether oxygens (including phenoxy) is 1. The lowest BCUT2D eigenvalue weighted by molar-refractivity contribution is -0.139. The minimum Gasteiger partial charge on any atom is -0.480 e. The highest BCUT2D eigenvalue weighted by Gasteiger charge is 2.20. The maximum atomic E-state index is 12.1. The molecule has 2 aromatic rings. The van der Waals surface area contributed by atoms with E-state index in [9.17, 15) is 9.59 Å². The van der Waals surface area contributed by atoms with Gasteiger partial charge in [0.25, 0.3) is 5.91 Å². The summed E-state index contributed by atoms with van der Waals surface area (Å²) in [6.07, 6.45) is 3.29. The topological polar surface area (TPSA) is 106 Å². The van der Waals surface area contributed by atoms with Crippen molar-refractivity contribution in [1.82, 2.24) is 20.1 Å². The van der Waals surface area contributed by atoms with Gasteiger partial charge in [0.05, 0.1) is 0 Å². The van der Waals surface area contributed by atoms with E-state index in [4.69, 9.17) is 9.84 Å². The predicted molar refractivity (Wildman–Crippen MR) is 76.7 cm³/mol. The fraction of sp³-hybridized carbons (Fsp3) is 0.286. The highest BCUT2D eigenvalue weighted by molar-refractivity contribution is 5.96. The Morgan fingerprint density at radius 1 is 1.27 bits per heavy atom. The van der Waals surface area contributed by atoms with Gasteiger partial charge in [-0.15, -0.1) is 10.2 Å². The molecule has 1 heterocycles. The van der Waals surface area contributed by atoms with Gasteiger partial charge in [-0.2, -0.15) is 0 Å². The second kappa shape index (κ2) is 7.32. The Kier molecular flexibility index (Phi) is 5.21. The molecule has 1 atom stereocenters. The molecule has 0 aliphatic rings. The average Bonchev–Trinajstić information content (AvgIpc) is 3.05. The first-order valence-electron chi connectivity index (χ1n) is 6.59. The van der Waals surface area contributed by atoms with Crippen LogP contribution in [0, 0.1) is 0 Å². The monoisotopic (exact) mass is 304 g/mol. The highest BCUT2D eigenvalue weighted by atomic mass is 16.5. The van der Waals surface area contributed by atoms with E-state index >= 15 is 0 Å². The van der Waals surface area contributed by atoms with Gasteiger partial charge in [0.2, 0.25) is 0 Å². The Hall–Kier alpha value is -2.74. The number of carboxylic acid groups (broad SMARTS) is 1. The van der Waals surface area contributed by atoms with Crippen molar-refractivity contribution < 1.29 is 19.4 Å². The van der Waals surface area contributed by atoms with Crippen molar-refractivity contribution in [3.8, 4) is 5.69 Å². The molecule has 1 unspecified atom stereocenters. The first-order valence-corrected chi connectivity index (χ1v) is 6.59. The van der Waals surface area contributed by atoms with E-state index in [2.05, 4.69) is 15.5 Å². The summed E-state index contributed by atoms with van der Waals surface area (Å²) in [6, 6.07) is 5.69. The number of carbonyl (C=O) groups is 2. The largest absolute Gasteiger partial charge is 0.480 e. The molecule has 1 aromatic heterocycles. The smallest absolute Gasteiger partial charge is 0.326 e. The summed E-state index contributed by atoms with van der Waals surface area (Å²) < 4.78 is 6.53. The Morgan fingerprint density at radius 3 is 2.45 bits per heavy atom. The average molecular weight is 304 g/mol. The van der Waals surface area contributed by atoms with Crippen LogP contribution in [0.25, 0.3) is 5.69 Å².